The number of nitrogens with one attached hydrogen (secondary N) is 1. The number of fused-ring (bicyclic) bond motifs is 2. The predicted octanol–water partition coefficient (Wildman–Crippen LogP) is 2.60. The summed E-state index contributed by atoms with van der Waals surface area (Å²) in [6.07, 6.45) is 8.73. The van der Waals surface area contributed by atoms with Crippen LogP contribution in [0.25, 0.3) is 5.65 Å². The molecule has 0 spiro atoms. The van der Waals surface area contributed by atoms with Crippen LogP contribution in [0, 0.1) is 5.82 Å². The van der Waals surface area contributed by atoms with Gasteiger partial charge < -0.3 is 20.3 Å². The van der Waals surface area contributed by atoms with E-state index in [4.69, 9.17) is 21.4 Å². The number of carbonyl (C=O) groups is 1. The number of rotatable bonds is 8. The van der Waals surface area contributed by atoms with Crippen LogP contribution in [0.2, 0.25) is 0 Å². The molecule has 1 saturated carbocycles. The molecule has 3 aromatic heterocycles. The van der Waals surface area contributed by atoms with Gasteiger partial charge in [-0.15, -0.1) is 0 Å². The van der Waals surface area contributed by atoms with Crippen LogP contribution >= 0.6 is 0 Å². The largest absolute Gasteiger partial charge is 0.494 e. The van der Waals surface area contributed by atoms with E-state index in [1.807, 2.05) is 4.68 Å². The molecule has 0 saturated heterocycles. The number of aromatic nitrogens is 4. The summed E-state index contributed by atoms with van der Waals surface area (Å²) >= 11 is 0. The molecular weight excluding hydrogens is 489 g/mol. The first-order valence-electron chi connectivity index (χ1n) is 12.4. The molecular formula is C26H28FN9O2. The third-order valence-electron chi connectivity index (χ3n) is 7.23. The highest BCUT2D eigenvalue weighted by Crippen LogP contribution is 2.40. The first-order valence-corrected chi connectivity index (χ1v) is 12.4. The number of imidazole rings is 1. The van der Waals surface area contributed by atoms with E-state index in [1.54, 1.807) is 12.1 Å². The molecule has 1 unspecified atom stereocenters. The Morgan fingerprint density at radius 3 is 2.89 bits per heavy atom. The van der Waals surface area contributed by atoms with Crippen molar-refractivity contribution in [1.29, 1.82) is 0 Å². The lowest BCUT2D eigenvalue weighted by atomic mass is 10.0. The predicted molar refractivity (Wildman–Crippen MR) is 139 cm³/mol. The highest BCUT2D eigenvalue weighted by atomic mass is 19.1. The summed E-state index contributed by atoms with van der Waals surface area (Å²) in [5, 5.41) is 11.7. The Balaban J connectivity index is 1.21. The summed E-state index contributed by atoms with van der Waals surface area (Å²) in [6.45, 7) is 0.536. The quantitative estimate of drug-likeness (QED) is 0.141. The monoisotopic (exact) mass is 517 g/mol. The van der Waals surface area contributed by atoms with Gasteiger partial charge in [0.05, 0.1) is 18.5 Å². The number of anilines is 1. The fraction of sp³-hybridized carbons (Fsp3) is 0.308. The average Bonchev–Trinajstić information content (AvgIpc) is 3.36. The Kier molecular flexibility index (Phi) is 5.95. The number of aryl methyl sites for hydroxylation is 1. The van der Waals surface area contributed by atoms with Gasteiger partial charge in [0.1, 0.15) is 17.7 Å². The fourth-order valence-electron chi connectivity index (χ4n) is 5.11. The number of amides is 1. The fourth-order valence-corrected chi connectivity index (χ4v) is 5.11. The Morgan fingerprint density at radius 1 is 1.29 bits per heavy atom. The zero-order chi connectivity index (χ0) is 26.4. The van der Waals surface area contributed by atoms with Gasteiger partial charge in [-0.1, -0.05) is 6.07 Å². The summed E-state index contributed by atoms with van der Waals surface area (Å²) in [4.78, 5) is 17.9. The van der Waals surface area contributed by atoms with E-state index >= 15 is 4.39 Å². The van der Waals surface area contributed by atoms with Crippen LogP contribution in [0.15, 0.2) is 47.8 Å². The van der Waals surface area contributed by atoms with Crippen LogP contribution in [0.4, 0.5) is 10.1 Å². The number of ether oxygens (including phenoxy) is 1. The van der Waals surface area contributed by atoms with E-state index in [2.05, 4.69) is 44.4 Å². The van der Waals surface area contributed by atoms with Crippen molar-refractivity contribution >= 4 is 23.6 Å². The van der Waals surface area contributed by atoms with Gasteiger partial charge in [0, 0.05) is 42.7 Å². The lowest BCUT2D eigenvalue weighted by Crippen LogP contribution is -2.32. The van der Waals surface area contributed by atoms with Crippen LogP contribution in [-0.4, -0.2) is 38.5 Å². The second kappa shape index (κ2) is 9.45. The molecule has 1 amide bonds. The van der Waals surface area contributed by atoms with Gasteiger partial charge in [0.25, 0.3) is 5.91 Å². The van der Waals surface area contributed by atoms with Crippen LogP contribution in [0.5, 0.6) is 5.75 Å². The maximum absolute atomic E-state index is 15.1. The van der Waals surface area contributed by atoms with Gasteiger partial charge >= 0.3 is 0 Å². The van der Waals surface area contributed by atoms with Crippen LogP contribution in [0.1, 0.15) is 64.1 Å². The number of nitrogens with two attached hydrogens (primary N) is 2. The number of hydrazone groups is 1. The second-order valence-corrected chi connectivity index (χ2v) is 9.62. The maximum atomic E-state index is 15.1. The molecule has 1 aromatic carbocycles. The molecule has 38 heavy (non-hydrogen) atoms. The third kappa shape index (κ3) is 4.22. The summed E-state index contributed by atoms with van der Waals surface area (Å²) in [5.41, 5.74) is 4.80. The Bertz CT molecular complexity index is 1560. The summed E-state index contributed by atoms with van der Waals surface area (Å²) in [5.74, 6) is 10.8. The standard InChI is InChI=1S/C26H28FN9O2/c1-38-23-6-5-21(35(29)14-31-28)18(25(23)27)11-30-26(37)19-10-22-17(8-9-36(22)33-19)20-13-34-12-16(15-2-3-15)4-7-24(34)32-20/h4-7,10,12-15,17H,2-3,8-9,11,28-29H2,1H3,(H,30,37)/b31-14-. The zero-order valence-corrected chi connectivity index (χ0v) is 20.8. The first kappa shape index (κ1) is 23.9. The van der Waals surface area contributed by atoms with Gasteiger partial charge in [-0.25, -0.2) is 15.2 Å². The lowest BCUT2D eigenvalue weighted by Gasteiger charge is -2.19. The molecule has 4 heterocycles. The van der Waals surface area contributed by atoms with Gasteiger partial charge in [0.15, 0.2) is 11.6 Å². The van der Waals surface area contributed by atoms with E-state index in [9.17, 15) is 4.79 Å². The normalized spacial score (nSPS) is 16.8. The minimum absolute atomic E-state index is 0.0246. The zero-order valence-electron chi connectivity index (χ0n) is 20.8. The van der Waals surface area contributed by atoms with Crippen molar-refractivity contribution in [3.05, 3.63) is 76.8 Å². The Hall–Kier alpha value is -4.45. The Morgan fingerprint density at radius 2 is 2.13 bits per heavy atom. The smallest absolute Gasteiger partial charge is 0.272 e. The van der Waals surface area contributed by atoms with Crippen molar-refractivity contribution in [1.82, 2.24) is 24.5 Å². The summed E-state index contributed by atoms with van der Waals surface area (Å²) in [7, 11) is 1.36. The van der Waals surface area contributed by atoms with Crippen LogP contribution < -0.4 is 26.7 Å². The van der Waals surface area contributed by atoms with Crippen molar-refractivity contribution < 1.29 is 13.9 Å². The molecule has 0 bridgehead atoms. The molecule has 6 rings (SSSR count). The Labute approximate surface area is 217 Å². The molecule has 1 fully saturated rings. The van der Waals surface area contributed by atoms with Gasteiger partial charge in [-0.3, -0.25) is 14.5 Å². The number of hydrazine groups is 1. The lowest BCUT2D eigenvalue weighted by molar-refractivity contribution is 0.0944. The highest BCUT2D eigenvalue weighted by Gasteiger charge is 2.30. The highest BCUT2D eigenvalue weighted by molar-refractivity contribution is 5.92. The van der Waals surface area contributed by atoms with E-state index < -0.39 is 11.7 Å². The summed E-state index contributed by atoms with van der Waals surface area (Å²) < 4.78 is 24.1. The minimum Gasteiger partial charge on any atom is -0.494 e. The molecule has 11 nitrogen and oxygen atoms in total. The number of hydrogen-bond acceptors (Lipinski definition) is 7. The van der Waals surface area contributed by atoms with Gasteiger partial charge in [0.2, 0.25) is 0 Å². The third-order valence-corrected chi connectivity index (χ3v) is 7.23. The van der Waals surface area contributed by atoms with E-state index in [0.717, 1.165) is 34.8 Å². The molecule has 196 valence electrons. The van der Waals surface area contributed by atoms with E-state index in [0.29, 0.717) is 12.5 Å². The van der Waals surface area contributed by atoms with E-state index in [1.165, 1.54) is 31.6 Å². The van der Waals surface area contributed by atoms with Crippen LogP contribution in [0.3, 0.4) is 0 Å². The van der Waals surface area contributed by atoms with Gasteiger partial charge in [-0.2, -0.15) is 10.2 Å². The second-order valence-electron chi connectivity index (χ2n) is 9.62. The van der Waals surface area contributed by atoms with Crippen molar-refractivity contribution in [3.63, 3.8) is 0 Å². The minimum atomic E-state index is -0.643. The molecule has 1 aliphatic carbocycles. The molecule has 5 N–H and O–H groups in total. The van der Waals surface area contributed by atoms with Crippen LogP contribution in [-0.2, 0) is 13.1 Å². The van der Waals surface area contributed by atoms with Crippen molar-refractivity contribution in [2.45, 2.75) is 44.2 Å². The average molecular weight is 518 g/mol. The first-order chi connectivity index (χ1) is 18.5. The number of benzene rings is 1. The van der Waals surface area contributed by atoms with Crippen molar-refractivity contribution in [3.8, 4) is 5.75 Å². The van der Waals surface area contributed by atoms with Gasteiger partial charge in [-0.05, 0) is 55.0 Å². The summed E-state index contributed by atoms with van der Waals surface area (Å²) in [6, 6.07) is 9.01. The molecule has 2 aliphatic rings. The number of pyridine rings is 1. The molecule has 0 radical (unpaired) electrons. The number of carbonyl (C=O) groups excluding carboxylic acids is 1. The SMILES string of the molecule is COc1ccc(N(N)/C=N\N)c(CNC(=O)c2cc3n(n2)CCC3c2cn3cc(C4CC4)ccc3n2)c1F. The number of nitrogens with zero attached hydrogens (tertiary/aromatic N) is 6. The van der Waals surface area contributed by atoms with E-state index in [-0.39, 0.29) is 35.2 Å². The number of hydrogen-bond donors (Lipinski definition) is 3. The molecule has 1 atom stereocenters. The molecule has 4 aromatic rings. The maximum Gasteiger partial charge on any atom is 0.272 e. The topological polar surface area (TPSA) is 141 Å². The molecule has 1 aliphatic heterocycles. The van der Waals surface area contributed by atoms with Crippen molar-refractivity contribution in [2.24, 2.45) is 16.8 Å². The van der Waals surface area contributed by atoms with Crippen molar-refractivity contribution in [2.75, 3.05) is 12.1 Å². The number of halogens is 1. The number of methoxy groups -OCH3 is 1. The molecule has 12 heteroatoms.